The Morgan fingerprint density at radius 1 is 1.33 bits per heavy atom. The molecular weight excluding hydrogens is 230 g/mol. The minimum absolute atomic E-state index is 0.173. The van der Waals surface area contributed by atoms with Gasteiger partial charge in [0.15, 0.2) is 11.5 Å². The molecule has 4 nitrogen and oxygen atoms in total. The molecule has 0 atom stereocenters. The molecular formula is C14H23NO3. The predicted octanol–water partition coefficient (Wildman–Crippen LogP) is 2.26. The van der Waals surface area contributed by atoms with Crippen LogP contribution < -0.4 is 4.74 Å². The van der Waals surface area contributed by atoms with Gasteiger partial charge >= 0.3 is 0 Å². The van der Waals surface area contributed by atoms with Gasteiger partial charge in [-0.3, -0.25) is 4.90 Å². The van der Waals surface area contributed by atoms with Crippen LogP contribution in [0.1, 0.15) is 19.4 Å². The van der Waals surface area contributed by atoms with Crippen molar-refractivity contribution in [2.24, 2.45) is 0 Å². The van der Waals surface area contributed by atoms with Crippen LogP contribution in [0.3, 0.4) is 0 Å². The fourth-order valence-corrected chi connectivity index (χ4v) is 1.66. The highest BCUT2D eigenvalue weighted by Gasteiger charge is 2.05. The summed E-state index contributed by atoms with van der Waals surface area (Å²) < 4.78 is 10.6. The van der Waals surface area contributed by atoms with Crippen molar-refractivity contribution in [2.75, 3.05) is 27.3 Å². The second-order valence-electron chi connectivity index (χ2n) is 4.66. The summed E-state index contributed by atoms with van der Waals surface area (Å²) >= 11 is 0. The van der Waals surface area contributed by atoms with Gasteiger partial charge in [0.25, 0.3) is 0 Å². The number of hydrogen-bond acceptors (Lipinski definition) is 4. The van der Waals surface area contributed by atoms with Gasteiger partial charge in [-0.2, -0.15) is 0 Å². The molecule has 1 aromatic rings. The summed E-state index contributed by atoms with van der Waals surface area (Å²) in [5, 5.41) is 9.51. The van der Waals surface area contributed by atoms with Gasteiger partial charge in [-0.25, -0.2) is 0 Å². The van der Waals surface area contributed by atoms with Crippen LogP contribution in [0.5, 0.6) is 11.5 Å². The summed E-state index contributed by atoms with van der Waals surface area (Å²) in [4.78, 5) is 2.17. The molecule has 4 heteroatoms. The zero-order valence-corrected chi connectivity index (χ0v) is 11.6. The van der Waals surface area contributed by atoms with E-state index >= 15 is 0 Å². The molecule has 0 aliphatic heterocycles. The van der Waals surface area contributed by atoms with Gasteiger partial charge in [-0.1, -0.05) is 6.07 Å². The minimum atomic E-state index is 0.173. The molecule has 0 amide bonds. The van der Waals surface area contributed by atoms with E-state index in [4.69, 9.17) is 9.47 Å². The van der Waals surface area contributed by atoms with Crippen LogP contribution >= 0.6 is 0 Å². The molecule has 0 saturated carbocycles. The Morgan fingerprint density at radius 3 is 2.67 bits per heavy atom. The third-order valence-electron chi connectivity index (χ3n) is 2.62. The fraction of sp³-hybridized carbons (Fsp3) is 0.571. The van der Waals surface area contributed by atoms with E-state index in [1.54, 1.807) is 13.2 Å². The summed E-state index contributed by atoms with van der Waals surface area (Å²) in [5.41, 5.74) is 1.11. The monoisotopic (exact) mass is 253 g/mol. The van der Waals surface area contributed by atoms with Crippen LogP contribution in [-0.2, 0) is 11.3 Å². The smallest absolute Gasteiger partial charge is 0.160 e. The van der Waals surface area contributed by atoms with Crippen molar-refractivity contribution in [3.8, 4) is 11.5 Å². The maximum absolute atomic E-state index is 9.51. The fourth-order valence-electron chi connectivity index (χ4n) is 1.66. The molecule has 18 heavy (non-hydrogen) atoms. The van der Waals surface area contributed by atoms with Crippen molar-refractivity contribution in [3.63, 3.8) is 0 Å². The van der Waals surface area contributed by atoms with Crippen LogP contribution in [-0.4, -0.2) is 43.4 Å². The highest BCUT2D eigenvalue weighted by atomic mass is 16.5. The largest absolute Gasteiger partial charge is 0.504 e. The number of phenolic OH excluding ortho intramolecular Hbond substituents is 1. The van der Waals surface area contributed by atoms with Gasteiger partial charge in [0, 0.05) is 13.1 Å². The van der Waals surface area contributed by atoms with Crippen LogP contribution in [0.25, 0.3) is 0 Å². The van der Waals surface area contributed by atoms with E-state index in [1.807, 2.05) is 33.0 Å². The topological polar surface area (TPSA) is 41.9 Å². The molecule has 0 bridgehead atoms. The standard InChI is InChI=1S/C14H23NO3/c1-11(2)18-8-7-15(3)10-12-5-6-13(16)14(9-12)17-4/h5-6,9,11,16H,7-8,10H2,1-4H3. The van der Waals surface area contributed by atoms with Crippen molar-refractivity contribution >= 4 is 0 Å². The molecule has 0 aromatic heterocycles. The molecule has 1 rings (SSSR count). The van der Waals surface area contributed by atoms with E-state index in [2.05, 4.69) is 4.90 Å². The van der Waals surface area contributed by atoms with Crippen molar-refractivity contribution in [1.29, 1.82) is 0 Å². The first-order valence-corrected chi connectivity index (χ1v) is 6.19. The zero-order valence-electron chi connectivity index (χ0n) is 11.6. The second-order valence-corrected chi connectivity index (χ2v) is 4.66. The average molecular weight is 253 g/mol. The van der Waals surface area contributed by atoms with Gasteiger partial charge in [-0.15, -0.1) is 0 Å². The average Bonchev–Trinajstić information content (AvgIpc) is 2.31. The Morgan fingerprint density at radius 2 is 2.06 bits per heavy atom. The van der Waals surface area contributed by atoms with Crippen molar-refractivity contribution in [2.45, 2.75) is 26.5 Å². The summed E-state index contributed by atoms with van der Waals surface area (Å²) in [5.74, 6) is 0.686. The summed E-state index contributed by atoms with van der Waals surface area (Å²) in [6, 6.07) is 5.42. The molecule has 0 unspecified atom stereocenters. The highest BCUT2D eigenvalue weighted by Crippen LogP contribution is 2.26. The van der Waals surface area contributed by atoms with E-state index < -0.39 is 0 Å². The Kier molecular flexibility index (Phi) is 5.95. The lowest BCUT2D eigenvalue weighted by Gasteiger charge is -2.18. The molecule has 0 fully saturated rings. The minimum Gasteiger partial charge on any atom is -0.504 e. The molecule has 0 saturated heterocycles. The van der Waals surface area contributed by atoms with Crippen LogP contribution in [0, 0.1) is 0 Å². The van der Waals surface area contributed by atoms with Gasteiger partial charge in [0.2, 0.25) is 0 Å². The second kappa shape index (κ2) is 7.24. The normalized spacial score (nSPS) is 11.2. The van der Waals surface area contributed by atoms with Crippen molar-refractivity contribution in [1.82, 2.24) is 4.90 Å². The van der Waals surface area contributed by atoms with E-state index in [1.165, 1.54) is 0 Å². The summed E-state index contributed by atoms with van der Waals surface area (Å²) in [6.45, 7) is 6.47. The number of likely N-dealkylation sites (N-methyl/N-ethyl adjacent to an activating group) is 1. The van der Waals surface area contributed by atoms with Crippen molar-refractivity contribution < 1.29 is 14.6 Å². The van der Waals surface area contributed by atoms with Gasteiger partial charge in [-0.05, 0) is 38.6 Å². The predicted molar refractivity (Wildman–Crippen MR) is 72.1 cm³/mol. The number of phenols is 1. The number of methoxy groups -OCH3 is 1. The van der Waals surface area contributed by atoms with Gasteiger partial charge < -0.3 is 14.6 Å². The summed E-state index contributed by atoms with van der Waals surface area (Å²) in [7, 11) is 3.60. The molecule has 0 spiro atoms. The van der Waals surface area contributed by atoms with Crippen LogP contribution in [0.15, 0.2) is 18.2 Å². The molecule has 1 aromatic carbocycles. The lowest BCUT2D eigenvalue weighted by atomic mass is 10.2. The number of rotatable bonds is 7. The number of benzene rings is 1. The third-order valence-corrected chi connectivity index (χ3v) is 2.62. The molecule has 0 aliphatic rings. The van der Waals surface area contributed by atoms with Crippen LogP contribution in [0.2, 0.25) is 0 Å². The number of aromatic hydroxyl groups is 1. The zero-order chi connectivity index (χ0) is 13.5. The third kappa shape index (κ3) is 4.94. The lowest BCUT2D eigenvalue weighted by Crippen LogP contribution is -2.24. The molecule has 0 aliphatic carbocycles. The van der Waals surface area contributed by atoms with E-state index in [0.717, 1.165) is 25.3 Å². The first kappa shape index (κ1) is 14.8. The lowest BCUT2D eigenvalue weighted by molar-refractivity contribution is 0.0627. The number of ether oxygens (including phenoxy) is 2. The molecule has 1 N–H and O–H groups in total. The molecule has 102 valence electrons. The highest BCUT2D eigenvalue weighted by molar-refractivity contribution is 5.41. The number of hydrogen-bond donors (Lipinski definition) is 1. The SMILES string of the molecule is COc1cc(CN(C)CCOC(C)C)ccc1O. The quantitative estimate of drug-likeness (QED) is 0.809. The molecule has 0 heterocycles. The van der Waals surface area contributed by atoms with Gasteiger partial charge in [0.05, 0.1) is 19.8 Å². The van der Waals surface area contributed by atoms with Crippen LogP contribution in [0.4, 0.5) is 0 Å². The Hall–Kier alpha value is -1.26. The van der Waals surface area contributed by atoms with E-state index in [-0.39, 0.29) is 11.9 Å². The first-order chi connectivity index (χ1) is 8.52. The first-order valence-electron chi connectivity index (χ1n) is 6.19. The van der Waals surface area contributed by atoms with E-state index in [0.29, 0.717) is 5.75 Å². The Bertz CT molecular complexity index is 366. The maximum atomic E-state index is 9.51. The van der Waals surface area contributed by atoms with E-state index in [9.17, 15) is 5.11 Å². The maximum Gasteiger partial charge on any atom is 0.160 e. The molecule has 0 radical (unpaired) electrons. The number of nitrogens with zero attached hydrogens (tertiary/aromatic N) is 1. The van der Waals surface area contributed by atoms with Gasteiger partial charge in [0.1, 0.15) is 0 Å². The Labute approximate surface area is 109 Å². The summed E-state index contributed by atoms with van der Waals surface area (Å²) in [6.07, 6.45) is 0.271. The Balaban J connectivity index is 2.46. The van der Waals surface area contributed by atoms with Crippen molar-refractivity contribution in [3.05, 3.63) is 23.8 Å².